The molecule has 2 aromatic rings. The molecule has 1 aromatic carbocycles. The highest BCUT2D eigenvalue weighted by molar-refractivity contribution is 7.10. The van der Waals surface area contributed by atoms with Gasteiger partial charge >= 0.3 is 6.09 Å². The highest BCUT2D eigenvalue weighted by Crippen LogP contribution is 2.28. The van der Waals surface area contributed by atoms with Gasteiger partial charge in [-0.15, -0.1) is 11.3 Å². The lowest BCUT2D eigenvalue weighted by Crippen LogP contribution is -2.36. The van der Waals surface area contributed by atoms with Crippen LogP contribution < -0.4 is 10.6 Å². The Morgan fingerprint density at radius 1 is 1.14 bits per heavy atom. The highest BCUT2D eigenvalue weighted by Gasteiger charge is 2.24. The van der Waals surface area contributed by atoms with Crippen molar-refractivity contribution in [2.45, 2.75) is 45.3 Å². The van der Waals surface area contributed by atoms with Crippen molar-refractivity contribution in [3.05, 3.63) is 52.2 Å². The standard InChI is InChI=1S/C22H29N3O3S/c1-22(2,3)28-21(27)24-17-10-8-16(9-11-17)20(26)23-15-18(19-7-6-14-29-19)25-12-4-5-13-25/h6-11,14,18H,4-5,12-13,15H2,1-3H3,(H,23,26)(H,24,27). The van der Waals surface area contributed by atoms with Crippen LogP contribution in [0.25, 0.3) is 0 Å². The van der Waals surface area contributed by atoms with Crippen LogP contribution in [0.5, 0.6) is 0 Å². The summed E-state index contributed by atoms with van der Waals surface area (Å²) in [4.78, 5) is 28.2. The normalized spacial score (nSPS) is 15.7. The lowest BCUT2D eigenvalue weighted by Gasteiger charge is -2.27. The number of amides is 2. The van der Waals surface area contributed by atoms with Crippen LogP contribution in [0, 0.1) is 0 Å². The Bertz CT molecular complexity index is 807. The van der Waals surface area contributed by atoms with E-state index in [1.54, 1.807) is 35.6 Å². The molecule has 7 heteroatoms. The molecule has 1 aromatic heterocycles. The maximum Gasteiger partial charge on any atom is 0.412 e. The van der Waals surface area contributed by atoms with Gasteiger partial charge in [0.1, 0.15) is 5.60 Å². The second-order valence-corrected chi connectivity index (χ2v) is 9.17. The monoisotopic (exact) mass is 415 g/mol. The number of benzene rings is 1. The zero-order valence-corrected chi connectivity index (χ0v) is 18.1. The van der Waals surface area contributed by atoms with Crippen LogP contribution in [0.4, 0.5) is 10.5 Å². The lowest BCUT2D eigenvalue weighted by molar-refractivity contribution is 0.0635. The largest absolute Gasteiger partial charge is 0.444 e. The van der Waals surface area contributed by atoms with Crippen LogP contribution >= 0.6 is 11.3 Å². The number of carbonyl (C=O) groups is 2. The quantitative estimate of drug-likeness (QED) is 0.720. The molecule has 0 aliphatic carbocycles. The van der Waals surface area contributed by atoms with E-state index >= 15 is 0 Å². The topological polar surface area (TPSA) is 70.7 Å². The molecule has 29 heavy (non-hydrogen) atoms. The van der Waals surface area contributed by atoms with Gasteiger partial charge in [-0.3, -0.25) is 15.0 Å². The molecule has 1 atom stereocenters. The molecule has 1 unspecified atom stereocenters. The van der Waals surface area contributed by atoms with E-state index in [-0.39, 0.29) is 11.9 Å². The van der Waals surface area contributed by atoms with Gasteiger partial charge in [0, 0.05) is 22.7 Å². The SMILES string of the molecule is CC(C)(C)OC(=O)Nc1ccc(C(=O)NCC(c2cccs2)N2CCCC2)cc1. The van der Waals surface area contributed by atoms with E-state index in [0.29, 0.717) is 17.8 Å². The molecule has 3 rings (SSSR count). The summed E-state index contributed by atoms with van der Waals surface area (Å²) in [6.07, 6.45) is 1.91. The first kappa shape index (κ1) is 21.3. The second kappa shape index (κ2) is 9.41. The van der Waals surface area contributed by atoms with E-state index in [1.807, 2.05) is 20.8 Å². The van der Waals surface area contributed by atoms with E-state index in [2.05, 4.69) is 33.0 Å². The molecule has 2 N–H and O–H groups in total. The van der Waals surface area contributed by atoms with E-state index in [1.165, 1.54) is 17.7 Å². The third-order valence-corrected chi connectivity index (χ3v) is 5.67. The van der Waals surface area contributed by atoms with Gasteiger partial charge in [-0.1, -0.05) is 6.07 Å². The van der Waals surface area contributed by atoms with Gasteiger partial charge < -0.3 is 10.1 Å². The van der Waals surface area contributed by atoms with Crippen LogP contribution in [-0.2, 0) is 4.74 Å². The molecule has 6 nitrogen and oxygen atoms in total. The number of carbonyl (C=O) groups excluding carboxylic acids is 2. The number of hydrogen-bond acceptors (Lipinski definition) is 5. The van der Waals surface area contributed by atoms with Gasteiger partial charge in [0.05, 0.1) is 6.04 Å². The number of nitrogens with one attached hydrogen (secondary N) is 2. The first-order valence-corrected chi connectivity index (χ1v) is 10.9. The Morgan fingerprint density at radius 3 is 2.41 bits per heavy atom. The molecule has 0 saturated carbocycles. The minimum Gasteiger partial charge on any atom is -0.444 e. The third kappa shape index (κ3) is 6.30. The van der Waals surface area contributed by atoms with Gasteiger partial charge in [0.2, 0.25) is 0 Å². The molecule has 2 amide bonds. The molecule has 1 fully saturated rings. The van der Waals surface area contributed by atoms with Crippen LogP contribution in [-0.4, -0.2) is 42.1 Å². The summed E-state index contributed by atoms with van der Waals surface area (Å²) in [5, 5.41) is 7.82. The minimum atomic E-state index is -0.557. The molecule has 0 radical (unpaired) electrons. The Hall–Kier alpha value is -2.38. The number of hydrogen-bond donors (Lipinski definition) is 2. The summed E-state index contributed by atoms with van der Waals surface area (Å²) in [7, 11) is 0. The molecule has 1 aliphatic rings. The van der Waals surface area contributed by atoms with E-state index < -0.39 is 11.7 Å². The summed E-state index contributed by atoms with van der Waals surface area (Å²) in [6.45, 7) is 8.16. The van der Waals surface area contributed by atoms with Gasteiger partial charge in [0.15, 0.2) is 0 Å². The molecule has 2 heterocycles. The number of anilines is 1. The number of thiophene rings is 1. The van der Waals surface area contributed by atoms with E-state index in [0.717, 1.165) is 13.1 Å². The smallest absolute Gasteiger partial charge is 0.412 e. The third-order valence-electron chi connectivity index (χ3n) is 4.70. The molecule has 156 valence electrons. The second-order valence-electron chi connectivity index (χ2n) is 8.19. The van der Waals surface area contributed by atoms with Gasteiger partial charge in [-0.25, -0.2) is 4.79 Å². The minimum absolute atomic E-state index is 0.116. The summed E-state index contributed by atoms with van der Waals surface area (Å²) in [6, 6.07) is 11.2. The molecular formula is C22H29N3O3S. The van der Waals surface area contributed by atoms with E-state index in [9.17, 15) is 9.59 Å². The van der Waals surface area contributed by atoms with E-state index in [4.69, 9.17) is 4.74 Å². The lowest BCUT2D eigenvalue weighted by atomic mass is 10.1. The van der Waals surface area contributed by atoms with Crippen LogP contribution in [0.2, 0.25) is 0 Å². The molecule has 1 saturated heterocycles. The predicted molar refractivity (Wildman–Crippen MR) is 116 cm³/mol. The van der Waals surface area contributed by atoms with Crippen LogP contribution in [0.1, 0.15) is 54.9 Å². The molecular weight excluding hydrogens is 386 g/mol. The maximum absolute atomic E-state index is 12.6. The van der Waals surface area contributed by atoms with Crippen molar-refractivity contribution >= 4 is 29.0 Å². The average Bonchev–Trinajstić information content (AvgIpc) is 3.35. The number of nitrogens with zero attached hydrogens (tertiary/aromatic N) is 1. The van der Waals surface area contributed by atoms with Crippen molar-refractivity contribution in [2.24, 2.45) is 0 Å². The summed E-state index contributed by atoms with van der Waals surface area (Å²) >= 11 is 1.73. The summed E-state index contributed by atoms with van der Waals surface area (Å²) < 4.78 is 5.24. The van der Waals surface area contributed by atoms with Crippen molar-refractivity contribution in [3.63, 3.8) is 0 Å². The first-order valence-electron chi connectivity index (χ1n) is 9.97. The number of rotatable bonds is 6. The fourth-order valence-corrected chi connectivity index (χ4v) is 4.22. The fourth-order valence-electron chi connectivity index (χ4n) is 3.36. The van der Waals surface area contributed by atoms with Crippen molar-refractivity contribution in [1.82, 2.24) is 10.2 Å². The van der Waals surface area contributed by atoms with Crippen molar-refractivity contribution in [3.8, 4) is 0 Å². The predicted octanol–water partition coefficient (Wildman–Crippen LogP) is 4.66. The Labute approximate surface area is 176 Å². The number of likely N-dealkylation sites (tertiary alicyclic amines) is 1. The Kier molecular flexibility index (Phi) is 6.92. The van der Waals surface area contributed by atoms with Crippen LogP contribution in [0.3, 0.4) is 0 Å². The highest BCUT2D eigenvalue weighted by atomic mass is 32.1. The van der Waals surface area contributed by atoms with Crippen LogP contribution in [0.15, 0.2) is 41.8 Å². The Balaban J connectivity index is 1.56. The van der Waals surface area contributed by atoms with Crippen molar-refractivity contribution in [1.29, 1.82) is 0 Å². The van der Waals surface area contributed by atoms with Gasteiger partial charge in [0.25, 0.3) is 5.91 Å². The van der Waals surface area contributed by atoms with Crippen molar-refractivity contribution < 1.29 is 14.3 Å². The molecule has 0 spiro atoms. The van der Waals surface area contributed by atoms with Crippen molar-refractivity contribution in [2.75, 3.05) is 25.0 Å². The maximum atomic E-state index is 12.6. The molecule has 1 aliphatic heterocycles. The Morgan fingerprint density at radius 2 is 1.83 bits per heavy atom. The summed E-state index contributed by atoms with van der Waals surface area (Å²) in [5.74, 6) is -0.116. The van der Waals surface area contributed by atoms with Gasteiger partial charge in [-0.2, -0.15) is 0 Å². The number of ether oxygens (including phenoxy) is 1. The average molecular weight is 416 g/mol. The zero-order valence-electron chi connectivity index (χ0n) is 17.2. The first-order chi connectivity index (χ1) is 13.8. The molecule has 0 bridgehead atoms. The zero-order chi connectivity index (χ0) is 20.9. The summed E-state index contributed by atoms with van der Waals surface area (Å²) in [5.41, 5.74) is 0.591. The fraction of sp³-hybridized carbons (Fsp3) is 0.455. The van der Waals surface area contributed by atoms with Gasteiger partial charge in [-0.05, 0) is 82.4 Å².